The molecule has 0 aliphatic carbocycles. The second-order valence-electron chi connectivity index (χ2n) is 5.04. The van der Waals surface area contributed by atoms with Crippen molar-refractivity contribution in [2.24, 2.45) is 0 Å². The van der Waals surface area contributed by atoms with Gasteiger partial charge in [0.05, 0.1) is 17.0 Å². The first-order valence-electron chi connectivity index (χ1n) is 6.00. The summed E-state index contributed by atoms with van der Waals surface area (Å²) in [5, 5.41) is 10.1. The quantitative estimate of drug-likeness (QED) is 0.607. The van der Waals surface area contributed by atoms with Crippen LogP contribution in [-0.4, -0.2) is 23.8 Å². The summed E-state index contributed by atoms with van der Waals surface area (Å²) in [7, 11) is 0. The Morgan fingerprint density at radius 2 is 2.12 bits per heavy atom. The number of hydrogen-bond donors (Lipinski definition) is 2. The summed E-state index contributed by atoms with van der Waals surface area (Å²) in [6, 6.07) is 6.16. The van der Waals surface area contributed by atoms with Crippen molar-refractivity contribution in [3.05, 3.63) is 21.8 Å². The number of nitrogens with zero attached hydrogens (tertiary/aromatic N) is 1. The molecule has 1 aliphatic heterocycles. The van der Waals surface area contributed by atoms with Crippen LogP contribution < -0.4 is 10.6 Å². The molecule has 1 aromatic carbocycles. The van der Waals surface area contributed by atoms with E-state index in [1.54, 1.807) is 0 Å². The van der Waals surface area contributed by atoms with Gasteiger partial charge in [-0.3, -0.25) is 0 Å². The molecule has 1 unspecified atom stereocenters. The van der Waals surface area contributed by atoms with Crippen LogP contribution in [0.3, 0.4) is 0 Å². The molecule has 1 aromatic rings. The molecule has 1 saturated heterocycles. The van der Waals surface area contributed by atoms with Gasteiger partial charge in [0.25, 0.3) is 0 Å². The average Bonchev–Trinajstić information content (AvgIpc) is 2.40. The largest absolute Gasteiger partial charge is 0.397 e. The van der Waals surface area contributed by atoms with Crippen molar-refractivity contribution in [1.29, 1.82) is 0 Å². The predicted octanol–water partition coefficient (Wildman–Crippen LogP) is 2.61. The summed E-state index contributed by atoms with van der Waals surface area (Å²) in [4.78, 5) is 2.28. The number of benzene rings is 1. The van der Waals surface area contributed by atoms with E-state index >= 15 is 0 Å². The second-order valence-corrected chi connectivity index (χ2v) is 6.29. The van der Waals surface area contributed by atoms with E-state index in [2.05, 4.69) is 39.6 Å². The van der Waals surface area contributed by atoms with Crippen LogP contribution in [0, 0.1) is 3.57 Å². The maximum absolute atomic E-state index is 10.1. The summed E-state index contributed by atoms with van der Waals surface area (Å²) in [6.45, 7) is 3.77. The number of halogens is 1. The Labute approximate surface area is 116 Å². The predicted molar refractivity (Wildman–Crippen MR) is 80.3 cm³/mol. The van der Waals surface area contributed by atoms with Gasteiger partial charge in [0, 0.05) is 16.7 Å². The molecule has 3 N–H and O–H groups in total. The van der Waals surface area contributed by atoms with Crippen LogP contribution in [0.4, 0.5) is 11.4 Å². The number of rotatable bonds is 1. The van der Waals surface area contributed by atoms with E-state index in [0.29, 0.717) is 0 Å². The Bertz CT molecular complexity index is 406. The number of hydrogen-bond acceptors (Lipinski definition) is 3. The lowest BCUT2D eigenvalue weighted by Gasteiger charge is -2.25. The van der Waals surface area contributed by atoms with Gasteiger partial charge < -0.3 is 15.7 Å². The highest BCUT2D eigenvalue weighted by atomic mass is 127. The van der Waals surface area contributed by atoms with Crippen molar-refractivity contribution in [3.63, 3.8) is 0 Å². The fraction of sp³-hybridized carbons (Fsp3) is 0.538. The zero-order chi connectivity index (χ0) is 12.5. The van der Waals surface area contributed by atoms with Gasteiger partial charge in [-0.25, -0.2) is 0 Å². The molecule has 3 nitrogen and oxygen atoms in total. The molecule has 94 valence electrons. The first-order chi connectivity index (χ1) is 7.98. The van der Waals surface area contributed by atoms with Crippen molar-refractivity contribution in [3.8, 4) is 0 Å². The monoisotopic (exact) mass is 346 g/mol. The number of anilines is 2. The van der Waals surface area contributed by atoms with Gasteiger partial charge in [-0.05, 0) is 67.0 Å². The summed E-state index contributed by atoms with van der Waals surface area (Å²) < 4.78 is 1.16. The van der Waals surface area contributed by atoms with Crippen molar-refractivity contribution in [2.45, 2.75) is 31.8 Å². The van der Waals surface area contributed by atoms with Crippen LogP contribution in [0.15, 0.2) is 18.2 Å². The third-order valence-electron chi connectivity index (χ3n) is 3.39. The molecule has 1 heterocycles. The van der Waals surface area contributed by atoms with Crippen molar-refractivity contribution in [1.82, 2.24) is 0 Å². The molecule has 2 rings (SSSR count). The van der Waals surface area contributed by atoms with Gasteiger partial charge in [0.15, 0.2) is 0 Å². The Balaban J connectivity index is 2.17. The first-order valence-corrected chi connectivity index (χ1v) is 7.08. The van der Waals surface area contributed by atoms with Crippen molar-refractivity contribution >= 4 is 34.0 Å². The van der Waals surface area contributed by atoms with E-state index in [4.69, 9.17) is 5.73 Å². The summed E-state index contributed by atoms with van der Waals surface area (Å²) >= 11 is 2.27. The normalized spacial score (nSPS) is 25.7. The molecule has 0 spiro atoms. The standard InChI is InChI=1S/C13H19IN2O/c1-13(17)5-2-7-16(8-6-13)12-4-3-10(14)9-11(12)15/h3-4,9,17H,2,5-8,15H2,1H3. The molecule has 17 heavy (non-hydrogen) atoms. The molecule has 1 aliphatic rings. The van der Waals surface area contributed by atoms with E-state index in [1.807, 2.05) is 13.0 Å². The van der Waals surface area contributed by atoms with Crippen LogP contribution in [0.5, 0.6) is 0 Å². The minimum Gasteiger partial charge on any atom is -0.397 e. The molecule has 0 saturated carbocycles. The van der Waals surface area contributed by atoms with Crippen molar-refractivity contribution < 1.29 is 5.11 Å². The van der Waals surface area contributed by atoms with Crippen LogP contribution in [0.25, 0.3) is 0 Å². The van der Waals surface area contributed by atoms with E-state index in [0.717, 1.165) is 47.3 Å². The topological polar surface area (TPSA) is 49.5 Å². The zero-order valence-corrected chi connectivity index (χ0v) is 12.3. The highest BCUT2D eigenvalue weighted by Gasteiger charge is 2.25. The van der Waals surface area contributed by atoms with E-state index in [-0.39, 0.29) is 0 Å². The number of aliphatic hydroxyl groups is 1. The van der Waals surface area contributed by atoms with Gasteiger partial charge in [-0.1, -0.05) is 0 Å². The summed E-state index contributed by atoms with van der Waals surface area (Å²) in [6.07, 6.45) is 2.69. The van der Waals surface area contributed by atoms with Crippen LogP contribution >= 0.6 is 22.6 Å². The Kier molecular flexibility index (Phi) is 3.82. The lowest BCUT2D eigenvalue weighted by Crippen LogP contribution is -2.28. The second kappa shape index (κ2) is 5.02. The highest BCUT2D eigenvalue weighted by molar-refractivity contribution is 14.1. The third kappa shape index (κ3) is 3.25. The summed E-state index contributed by atoms with van der Waals surface area (Å²) in [5.41, 5.74) is 7.47. The van der Waals surface area contributed by atoms with E-state index < -0.39 is 5.60 Å². The number of nitrogens with two attached hydrogens (primary N) is 1. The Morgan fingerprint density at radius 1 is 1.35 bits per heavy atom. The molecule has 0 aromatic heterocycles. The van der Waals surface area contributed by atoms with Crippen LogP contribution in [0.1, 0.15) is 26.2 Å². The molecular formula is C13H19IN2O. The number of nitrogen functional groups attached to an aromatic ring is 1. The minimum atomic E-state index is -0.521. The Hall–Kier alpha value is -0.490. The maximum atomic E-state index is 10.1. The van der Waals surface area contributed by atoms with E-state index in [1.165, 1.54) is 0 Å². The fourth-order valence-electron chi connectivity index (χ4n) is 2.32. The molecule has 0 amide bonds. The molecule has 4 heteroatoms. The molecule has 1 atom stereocenters. The summed E-state index contributed by atoms with van der Waals surface area (Å²) in [5.74, 6) is 0. The van der Waals surface area contributed by atoms with Gasteiger partial charge >= 0.3 is 0 Å². The fourth-order valence-corrected chi connectivity index (χ4v) is 2.83. The van der Waals surface area contributed by atoms with Crippen molar-refractivity contribution in [2.75, 3.05) is 23.7 Å². The zero-order valence-electron chi connectivity index (χ0n) is 10.1. The van der Waals surface area contributed by atoms with E-state index in [9.17, 15) is 5.11 Å². The van der Waals surface area contributed by atoms with Crippen LogP contribution in [0.2, 0.25) is 0 Å². The minimum absolute atomic E-state index is 0.521. The molecule has 0 bridgehead atoms. The molecule has 1 fully saturated rings. The SMILES string of the molecule is CC1(O)CCCN(c2ccc(I)cc2N)CC1. The smallest absolute Gasteiger partial charge is 0.0637 e. The first kappa shape index (κ1) is 13.0. The van der Waals surface area contributed by atoms with Gasteiger partial charge in [0.1, 0.15) is 0 Å². The van der Waals surface area contributed by atoms with Gasteiger partial charge in [0.2, 0.25) is 0 Å². The lowest BCUT2D eigenvalue weighted by atomic mass is 9.98. The molecular weight excluding hydrogens is 327 g/mol. The average molecular weight is 346 g/mol. The Morgan fingerprint density at radius 3 is 2.82 bits per heavy atom. The van der Waals surface area contributed by atoms with Gasteiger partial charge in [-0.2, -0.15) is 0 Å². The highest BCUT2D eigenvalue weighted by Crippen LogP contribution is 2.29. The van der Waals surface area contributed by atoms with Crippen LogP contribution in [-0.2, 0) is 0 Å². The molecule has 0 radical (unpaired) electrons. The third-order valence-corrected chi connectivity index (χ3v) is 4.06. The van der Waals surface area contributed by atoms with Gasteiger partial charge in [-0.15, -0.1) is 0 Å². The maximum Gasteiger partial charge on any atom is 0.0637 e. The lowest BCUT2D eigenvalue weighted by molar-refractivity contribution is 0.0481.